The molecule has 1 heterocycles. The largest absolute Gasteiger partial charge is 0.345 e. The zero-order chi connectivity index (χ0) is 19.8. The van der Waals surface area contributed by atoms with Crippen LogP contribution in [0, 0.1) is 18.8 Å². The lowest BCUT2D eigenvalue weighted by Gasteiger charge is -2.62. The van der Waals surface area contributed by atoms with Gasteiger partial charge < -0.3 is 16.0 Å². The van der Waals surface area contributed by atoms with Gasteiger partial charge in [-0.25, -0.2) is 9.78 Å². The molecule has 6 nitrogen and oxygen atoms in total. The lowest BCUT2D eigenvalue weighted by Crippen LogP contribution is -2.70. The number of rotatable bonds is 6. The summed E-state index contributed by atoms with van der Waals surface area (Å²) in [5, 5.41) is 9.66. The van der Waals surface area contributed by atoms with Gasteiger partial charge in [0, 0.05) is 23.3 Å². The van der Waals surface area contributed by atoms with Gasteiger partial charge in [-0.05, 0) is 75.8 Å². The second-order valence-electron chi connectivity index (χ2n) is 9.37. The molecule has 4 bridgehead atoms. The SMILES string of the molecule is CCCCNC(=O)NC12CC3CC(C1)CC(NC(=O)c1cccc(C)n1)(C3)C2. The van der Waals surface area contributed by atoms with Crippen molar-refractivity contribution in [2.45, 2.75) is 76.3 Å². The zero-order valence-electron chi connectivity index (χ0n) is 17.0. The molecule has 4 aliphatic rings. The molecule has 0 aliphatic heterocycles. The van der Waals surface area contributed by atoms with E-state index in [4.69, 9.17) is 0 Å². The summed E-state index contributed by atoms with van der Waals surface area (Å²) in [5.41, 5.74) is 0.923. The maximum Gasteiger partial charge on any atom is 0.315 e. The van der Waals surface area contributed by atoms with Crippen LogP contribution in [-0.2, 0) is 0 Å². The monoisotopic (exact) mass is 384 g/mol. The predicted molar refractivity (Wildman–Crippen MR) is 108 cm³/mol. The van der Waals surface area contributed by atoms with Gasteiger partial charge in [-0.15, -0.1) is 0 Å². The number of pyridine rings is 1. The van der Waals surface area contributed by atoms with Gasteiger partial charge in [-0.2, -0.15) is 0 Å². The van der Waals surface area contributed by atoms with E-state index in [1.165, 1.54) is 6.42 Å². The van der Waals surface area contributed by atoms with Crippen LogP contribution in [0.5, 0.6) is 0 Å². The van der Waals surface area contributed by atoms with Crippen LogP contribution in [0.1, 0.15) is 74.5 Å². The molecule has 2 atom stereocenters. The van der Waals surface area contributed by atoms with E-state index in [1.54, 1.807) is 6.07 Å². The summed E-state index contributed by atoms with van der Waals surface area (Å²) in [6.07, 6.45) is 8.21. The van der Waals surface area contributed by atoms with Gasteiger partial charge in [0.15, 0.2) is 0 Å². The lowest BCUT2D eigenvalue weighted by atomic mass is 9.50. The van der Waals surface area contributed by atoms with Gasteiger partial charge in [0.05, 0.1) is 0 Å². The molecule has 28 heavy (non-hydrogen) atoms. The maximum absolute atomic E-state index is 12.9. The number of hydrogen-bond donors (Lipinski definition) is 3. The highest BCUT2D eigenvalue weighted by Crippen LogP contribution is 2.57. The van der Waals surface area contributed by atoms with Crippen LogP contribution in [-0.4, -0.2) is 34.5 Å². The van der Waals surface area contributed by atoms with Crippen molar-refractivity contribution in [3.8, 4) is 0 Å². The molecule has 2 unspecified atom stereocenters. The fourth-order valence-electron chi connectivity index (χ4n) is 6.19. The fraction of sp³-hybridized carbons (Fsp3) is 0.682. The molecular weight excluding hydrogens is 352 g/mol. The third-order valence-corrected chi connectivity index (χ3v) is 6.76. The Bertz CT molecular complexity index is 749. The standard InChI is InChI=1S/C22H32N4O2/c1-3-4-8-23-20(28)26-22-12-16-9-17(13-22)11-21(10-16,14-22)25-19(27)18-7-5-6-15(2)24-18/h5-7,16-17H,3-4,8-14H2,1-2H3,(H,25,27)(H2,23,26,28). The number of nitrogens with zero attached hydrogens (tertiary/aromatic N) is 1. The van der Waals surface area contributed by atoms with Gasteiger partial charge >= 0.3 is 6.03 Å². The number of nitrogens with one attached hydrogen (secondary N) is 3. The number of aromatic nitrogens is 1. The highest BCUT2D eigenvalue weighted by Gasteiger charge is 2.58. The van der Waals surface area contributed by atoms with Crippen molar-refractivity contribution in [1.29, 1.82) is 0 Å². The Balaban J connectivity index is 1.48. The predicted octanol–water partition coefficient (Wildman–Crippen LogP) is 3.31. The van der Waals surface area contributed by atoms with Crippen LogP contribution in [0.25, 0.3) is 0 Å². The summed E-state index contributed by atoms with van der Waals surface area (Å²) >= 11 is 0. The Labute approximate surface area is 167 Å². The van der Waals surface area contributed by atoms with Gasteiger partial charge in [0.25, 0.3) is 5.91 Å². The van der Waals surface area contributed by atoms with Crippen molar-refractivity contribution in [3.63, 3.8) is 0 Å². The minimum Gasteiger partial charge on any atom is -0.345 e. The minimum atomic E-state index is -0.219. The zero-order valence-corrected chi connectivity index (χ0v) is 17.0. The molecule has 5 rings (SSSR count). The number of carbonyl (C=O) groups is 2. The molecule has 3 N–H and O–H groups in total. The Hall–Kier alpha value is -2.11. The summed E-state index contributed by atoms with van der Waals surface area (Å²) in [6.45, 7) is 4.73. The van der Waals surface area contributed by atoms with Gasteiger partial charge in [0.2, 0.25) is 0 Å². The van der Waals surface area contributed by atoms with E-state index in [0.717, 1.165) is 50.6 Å². The van der Waals surface area contributed by atoms with Crippen molar-refractivity contribution in [1.82, 2.24) is 20.9 Å². The molecule has 1 aromatic rings. The molecule has 3 amide bonds. The van der Waals surface area contributed by atoms with E-state index in [2.05, 4.69) is 27.9 Å². The number of unbranched alkanes of at least 4 members (excludes halogenated alkanes) is 1. The molecule has 1 aromatic heterocycles. The van der Waals surface area contributed by atoms with E-state index >= 15 is 0 Å². The van der Waals surface area contributed by atoms with E-state index in [0.29, 0.717) is 24.1 Å². The van der Waals surface area contributed by atoms with Crippen LogP contribution in [0.3, 0.4) is 0 Å². The number of carbonyl (C=O) groups excluding carboxylic acids is 2. The third-order valence-electron chi connectivity index (χ3n) is 6.76. The summed E-state index contributed by atoms with van der Waals surface area (Å²) in [7, 11) is 0. The molecule has 152 valence electrons. The second-order valence-corrected chi connectivity index (χ2v) is 9.37. The summed E-state index contributed by atoms with van der Waals surface area (Å²) in [5.74, 6) is 1.05. The molecule has 0 radical (unpaired) electrons. The van der Waals surface area contributed by atoms with Crippen molar-refractivity contribution in [3.05, 3.63) is 29.6 Å². The average Bonchev–Trinajstić information content (AvgIpc) is 2.60. The van der Waals surface area contributed by atoms with Crippen molar-refractivity contribution >= 4 is 11.9 Å². The minimum absolute atomic E-state index is 0.0581. The van der Waals surface area contributed by atoms with E-state index in [9.17, 15) is 9.59 Å². The average molecular weight is 385 g/mol. The van der Waals surface area contributed by atoms with Crippen LogP contribution < -0.4 is 16.0 Å². The first-order valence-corrected chi connectivity index (χ1v) is 10.7. The quantitative estimate of drug-likeness (QED) is 0.658. The molecule has 0 aromatic carbocycles. The highest BCUT2D eigenvalue weighted by molar-refractivity contribution is 5.92. The van der Waals surface area contributed by atoms with Crippen LogP contribution in [0.2, 0.25) is 0 Å². The normalized spacial score (nSPS) is 32.8. The number of hydrogen-bond acceptors (Lipinski definition) is 3. The van der Waals surface area contributed by atoms with Crippen molar-refractivity contribution < 1.29 is 9.59 Å². The highest BCUT2D eigenvalue weighted by atomic mass is 16.2. The fourth-order valence-corrected chi connectivity index (χ4v) is 6.19. The molecule has 4 saturated carbocycles. The molecule has 0 spiro atoms. The van der Waals surface area contributed by atoms with Crippen LogP contribution in [0.4, 0.5) is 4.79 Å². The molecule has 4 fully saturated rings. The van der Waals surface area contributed by atoms with E-state index in [-0.39, 0.29) is 23.0 Å². The summed E-state index contributed by atoms with van der Waals surface area (Å²) in [4.78, 5) is 29.8. The summed E-state index contributed by atoms with van der Waals surface area (Å²) < 4.78 is 0. The Morgan fingerprint density at radius 3 is 2.43 bits per heavy atom. The van der Waals surface area contributed by atoms with Crippen LogP contribution in [0.15, 0.2) is 18.2 Å². The first-order chi connectivity index (χ1) is 13.4. The molecule has 0 saturated heterocycles. The Morgan fingerprint density at radius 2 is 1.79 bits per heavy atom. The van der Waals surface area contributed by atoms with Crippen LogP contribution >= 0.6 is 0 Å². The number of amides is 3. The molecular formula is C22H32N4O2. The maximum atomic E-state index is 12.9. The van der Waals surface area contributed by atoms with Gasteiger partial charge in [-0.3, -0.25) is 4.79 Å². The Morgan fingerprint density at radius 1 is 1.11 bits per heavy atom. The van der Waals surface area contributed by atoms with Crippen molar-refractivity contribution in [2.75, 3.05) is 6.54 Å². The Kier molecular flexibility index (Phi) is 5.06. The summed E-state index contributed by atoms with van der Waals surface area (Å²) in [6, 6.07) is 5.49. The van der Waals surface area contributed by atoms with Gasteiger partial charge in [0.1, 0.15) is 5.69 Å². The van der Waals surface area contributed by atoms with Crippen molar-refractivity contribution in [2.24, 2.45) is 11.8 Å². The smallest absolute Gasteiger partial charge is 0.315 e. The number of urea groups is 1. The van der Waals surface area contributed by atoms with E-state index in [1.807, 2.05) is 19.1 Å². The van der Waals surface area contributed by atoms with E-state index < -0.39 is 0 Å². The lowest BCUT2D eigenvalue weighted by molar-refractivity contribution is -0.0431. The second kappa shape index (κ2) is 7.37. The first-order valence-electron chi connectivity index (χ1n) is 10.7. The first kappa shape index (κ1) is 19.2. The number of aryl methyl sites for hydroxylation is 1. The van der Waals surface area contributed by atoms with Gasteiger partial charge in [-0.1, -0.05) is 19.4 Å². The third kappa shape index (κ3) is 3.87. The topological polar surface area (TPSA) is 83.1 Å². The molecule has 4 aliphatic carbocycles. The molecule has 6 heteroatoms.